The van der Waals surface area contributed by atoms with Crippen LogP contribution in [0.25, 0.3) is 22.2 Å². The first kappa shape index (κ1) is 11.6. The van der Waals surface area contributed by atoms with Crippen molar-refractivity contribution in [1.82, 2.24) is 15.0 Å². The highest BCUT2D eigenvalue weighted by atomic mass is 15.0. The second-order valence-corrected chi connectivity index (χ2v) is 4.23. The molecule has 0 radical (unpaired) electrons. The molecule has 1 aromatic carbocycles. The number of benzene rings is 1. The number of pyridine rings is 1. The van der Waals surface area contributed by atoms with E-state index in [1.807, 2.05) is 31.2 Å². The van der Waals surface area contributed by atoms with E-state index in [9.17, 15) is 0 Å². The standard InChI is InChI=1S/C15H14N4/c1-2-17-15-10-16-9-14(19-15)12-5-6-13-11(8-12)4-3-7-18-13/h3-10H,2H2,1H3,(H,17,19). The highest BCUT2D eigenvalue weighted by Crippen LogP contribution is 2.22. The Hall–Kier alpha value is -2.49. The van der Waals surface area contributed by atoms with E-state index < -0.39 is 0 Å². The fourth-order valence-electron chi connectivity index (χ4n) is 2.01. The van der Waals surface area contributed by atoms with Crippen molar-refractivity contribution < 1.29 is 0 Å². The van der Waals surface area contributed by atoms with Crippen LogP contribution >= 0.6 is 0 Å². The quantitative estimate of drug-likeness (QED) is 0.776. The Morgan fingerprint density at radius 1 is 1.16 bits per heavy atom. The lowest BCUT2D eigenvalue weighted by molar-refractivity contribution is 1.12. The Morgan fingerprint density at radius 3 is 3.00 bits per heavy atom. The fraction of sp³-hybridized carbons (Fsp3) is 0.133. The molecule has 2 aromatic heterocycles. The molecule has 19 heavy (non-hydrogen) atoms. The average Bonchev–Trinajstić information content (AvgIpc) is 2.47. The Kier molecular flexibility index (Phi) is 3.06. The minimum absolute atomic E-state index is 0.797. The zero-order valence-electron chi connectivity index (χ0n) is 10.7. The van der Waals surface area contributed by atoms with Gasteiger partial charge in [-0.2, -0.15) is 0 Å². The Labute approximate surface area is 111 Å². The lowest BCUT2D eigenvalue weighted by Gasteiger charge is -2.05. The molecule has 94 valence electrons. The molecule has 0 saturated carbocycles. The molecule has 1 N–H and O–H groups in total. The van der Waals surface area contributed by atoms with Gasteiger partial charge in [-0.25, -0.2) is 4.98 Å². The molecule has 4 heteroatoms. The topological polar surface area (TPSA) is 50.7 Å². The molecular weight excluding hydrogens is 236 g/mol. The highest BCUT2D eigenvalue weighted by molar-refractivity contribution is 5.83. The predicted octanol–water partition coefficient (Wildman–Crippen LogP) is 3.12. The van der Waals surface area contributed by atoms with Crippen molar-refractivity contribution in [3.8, 4) is 11.3 Å². The summed E-state index contributed by atoms with van der Waals surface area (Å²) < 4.78 is 0. The van der Waals surface area contributed by atoms with Crippen LogP contribution in [0.15, 0.2) is 48.9 Å². The first-order chi connectivity index (χ1) is 9.36. The summed E-state index contributed by atoms with van der Waals surface area (Å²) >= 11 is 0. The maximum Gasteiger partial charge on any atom is 0.145 e. The zero-order valence-corrected chi connectivity index (χ0v) is 10.7. The normalized spacial score (nSPS) is 10.6. The summed E-state index contributed by atoms with van der Waals surface area (Å²) in [6.07, 6.45) is 5.31. The molecule has 3 rings (SSSR count). The van der Waals surface area contributed by atoms with E-state index in [1.54, 1.807) is 18.6 Å². The second-order valence-electron chi connectivity index (χ2n) is 4.23. The Bertz CT molecular complexity index is 709. The number of rotatable bonds is 3. The summed E-state index contributed by atoms with van der Waals surface area (Å²) in [5.74, 6) is 0.797. The van der Waals surface area contributed by atoms with Crippen LogP contribution in [0.2, 0.25) is 0 Å². The average molecular weight is 250 g/mol. The van der Waals surface area contributed by atoms with Gasteiger partial charge >= 0.3 is 0 Å². The summed E-state index contributed by atoms with van der Waals surface area (Å²) in [7, 11) is 0. The molecule has 0 aliphatic carbocycles. The zero-order chi connectivity index (χ0) is 13.1. The predicted molar refractivity (Wildman–Crippen MR) is 76.9 cm³/mol. The molecule has 0 atom stereocenters. The number of fused-ring (bicyclic) bond motifs is 1. The van der Waals surface area contributed by atoms with Crippen LogP contribution in [0.1, 0.15) is 6.92 Å². The van der Waals surface area contributed by atoms with Gasteiger partial charge in [0.05, 0.1) is 23.6 Å². The van der Waals surface area contributed by atoms with Gasteiger partial charge in [-0.15, -0.1) is 0 Å². The summed E-state index contributed by atoms with van der Waals surface area (Å²) in [6, 6.07) is 10.1. The van der Waals surface area contributed by atoms with Gasteiger partial charge in [0.25, 0.3) is 0 Å². The van der Waals surface area contributed by atoms with Gasteiger partial charge in [-0.1, -0.05) is 12.1 Å². The maximum atomic E-state index is 4.55. The molecule has 0 aliphatic rings. The Morgan fingerprint density at radius 2 is 2.11 bits per heavy atom. The summed E-state index contributed by atoms with van der Waals surface area (Å²) in [4.78, 5) is 13.1. The van der Waals surface area contributed by atoms with Crippen LogP contribution in [0, 0.1) is 0 Å². The molecule has 0 amide bonds. The van der Waals surface area contributed by atoms with Crippen molar-refractivity contribution in [3.05, 3.63) is 48.9 Å². The molecular formula is C15H14N4. The fourth-order valence-corrected chi connectivity index (χ4v) is 2.01. The number of nitrogens with zero attached hydrogens (tertiary/aromatic N) is 3. The van der Waals surface area contributed by atoms with Gasteiger partial charge < -0.3 is 5.32 Å². The van der Waals surface area contributed by atoms with E-state index in [1.165, 1.54) is 0 Å². The minimum atomic E-state index is 0.797. The third kappa shape index (κ3) is 2.38. The first-order valence-corrected chi connectivity index (χ1v) is 6.28. The maximum absolute atomic E-state index is 4.55. The van der Waals surface area contributed by atoms with E-state index >= 15 is 0 Å². The third-order valence-electron chi connectivity index (χ3n) is 2.89. The lowest BCUT2D eigenvalue weighted by atomic mass is 10.1. The van der Waals surface area contributed by atoms with E-state index in [0.29, 0.717) is 0 Å². The molecule has 0 aliphatic heterocycles. The minimum Gasteiger partial charge on any atom is -0.369 e. The van der Waals surface area contributed by atoms with Crippen LogP contribution in [-0.4, -0.2) is 21.5 Å². The van der Waals surface area contributed by atoms with Crippen LogP contribution in [0.4, 0.5) is 5.82 Å². The first-order valence-electron chi connectivity index (χ1n) is 6.28. The van der Waals surface area contributed by atoms with Gasteiger partial charge in [0.1, 0.15) is 5.82 Å². The van der Waals surface area contributed by atoms with Crippen LogP contribution < -0.4 is 5.32 Å². The van der Waals surface area contributed by atoms with Crippen LogP contribution in [-0.2, 0) is 0 Å². The molecule has 3 aromatic rings. The van der Waals surface area contributed by atoms with Gasteiger partial charge in [0.2, 0.25) is 0 Å². The van der Waals surface area contributed by atoms with E-state index in [4.69, 9.17) is 0 Å². The molecule has 4 nitrogen and oxygen atoms in total. The van der Waals surface area contributed by atoms with Crippen LogP contribution in [0.5, 0.6) is 0 Å². The van der Waals surface area contributed by atoms with Crippen molar-refractivity contribution in [1.29, 1.82) is 0 Å². The van der Waals surface area contributed by atoms with Gasteiger partial charge in [0, 0.05) is 23.7 Å². The molecule has 2 heterocycles. The van der Waals surface area contributed by atoms with E-state index in [0.717, 1.165) is 34.5 Å². The van der Waals surface area contributed by atoms with E-state index in [-0.39, 0.29) is 0 Å². The van der Waals surface area contributed by atoms with Crippen molar-refractivity contribution >= 4 is 16.7 Å². The van der Waals surface area contributed by atoms with Crippen molar-refractivity contribution in [2.45, 2.75) is 6.92 Å². The SMILES string of the molecule is CCNc1cncc(-c2ccc3ncccc3c2)n1. The van der Waals surface area contributed by atoms with Gasteiger partial charge in [-0.05, 0) is 25.1 Å². The van der Waals surface area contributed by atoms with Crippen molar-refractivity contribution in [3.63, 3.8) is 0 Å². The summed E-state index contributed by atoms with van der Waals surface area (Å²) in [5.41, 5.74) is 2.90. The second kappa shape index (κ2) is 5.02. The molecule has 0 unspecified atom stereocenters. The number of hydrogen-bond acceptors (Lipinski definition) is 4. The number of nitrogens with one attached hydrogen (secondary N) is 1. The van der Waals surface area contributed by atoms with Crippen molar-refractivity contribution in [2.75, 3.05) is 11.9 Å². The van der Waals surface area contributed by atoms with E-state index in [2.05, 4.69) is 26.3 Å². The molecule has 0 fully saturated rings. The van der Waals surface area contributed by atoms with Crippen molar-refractivity contribution in [2.24, 2.45) is 0 Å². The molecule has 0 bridgehead atoms. The Balaban J connectivity index is 2.05. The molecule has 0 saturated heterocycles. The smallest absolute Gasteiger partial charge is 0.145 e. The monoisotopic (exact) mass is 250 g/mol. The van der Waals surface area contributed by atoms with Crippen LogP contribution in [0.3, 0.4) is 0 Å². The third-order valence-corrected chi connectivity index (χ3v) is 2.89. The molecule has 0 spiro atoms. The summed E-state index contributed by atoms with van der Waals surface area (Å²) in [6.45, 7) is 2.87. The number of aromatic nitrogens is 3. The van der Waals surface area contributed by atoms with Gasteiger partial charge in [-0.3, -0.25) is 9.97 Å². The number of anilines is 1. The highest BCUT2D eigenvalue weighted by Gasteiger charge is 2.03. The summed E-state index contributed by atoms with van der Waals surface area (Å²) in [5, 5.41) is 4.28. The van der Waals surface area contributed by atoms with Gasteiger partial charge in [0.15, 0.2) is 0 Å². The largest absolute Gasteiger partial charge is 0.369 e. The lowest BCUT2D eigenvalue weighted by Crippen LogP contribution is -2.00. The number of hydrogen-bond donors (Lipinski definition) is 1.